The van der Waals surface area contributed by atoms with Gasteiger partial charge in [0.2, 0.25) is 5.92 Å². The molecule has 2 rings (SSSR count). The minimum Gasteiger partial charge on any atom is -0.330 e. The van der Waals surface area contributed by atoms with Crippen molar-refractivity contribution in [2.45, 2.75) is 43.9 Å². The Hall–Kier alpha value is -0.960. The van der Waals surface area contributed by atoms with E-state index in [4.69, 9.17) is 5.73 Å². The molecule has 1 aliphatic rings. The van der Waals surface area contributed by atoms with Crippen LogP contribution in [0, 0.1) is 6.92 Å². The van der Waals surface area contributed by atoms with E-state index in [2.05, 4.69) is 0 Å². The van der Waals surface area contributed by atoms with Crippen molar-refractivity contribution in [2.24, 2.45) is 5.73 Å². The Bertz CT molecular complexity index is 391. The average molecular weight is 239 g/mol. The Labute approximate surface area is 101 Å². The quantitative estimate of drug-likeness (QED) is 0.841. The number of hydrogen-bond acceptors (Lipinski definition) is 1. The molecule has 0 aromatic heterocycles. The van der Waals surface area contributed by atoms with Crippen LogP contribution in [0.15, 0.2) is 24.3 Å². The number of aryl methyl sites for hydroxylation is 1. The molecule has 0 aliphatic heterocycles. The molecule has 0 radical (unpaired) electrons. The lowest BCUT2D eigenvalue weighted by Crippen LogP contribution is -2.42. The highest BCUT2D eigenvalue weighted by Crippen LogP contribution is 2.45. The van der Waals surface area contributed by atoms with Crippen molar-refractivity contribution in [2.75, 3.05) is 6.54 Å². The van der Waals surface area contributed by atoms with Gasteiger partial charge in [0.25, 0.3) is 0 Å². The summed E-state index contributed by atoms with van der Waals surface area (Å²) in [6.07, 6.45) is 0.889. The number of hydrogen-bond donors (Lipinski definition) is 1. The number of rotatable bonds is 2. The standard InChI is InChI=1S/C14H19F2N/c1-11-4-2-3-5-12(11)13(10-17)6-8-14(15,16)9-7-13/h2-5H,6-10,17H2,1H3. The first kappa shape index (κ1) is 12.5. The molecule has 1 saturated carbocycles. The number of alkyl halides is 2. The lowest BCUT2D eigenvalue weighted by atomic mass is 9.67. The van der Waals surface area contributed by atoms with Gasteiger partial charge in [0.1, 0.15) is 0 Å². The fourth-order valence-electron chi connectivity index (χ4n) is 2.85. The zero-order valence-corrected chi connectivity index (χ0v) is 10.2. The van der Waals surface area contributed by atoms with Gasteiger partial charge in [0.05, 0.1) is 0 Å². The predicted molar refractivity (Wildman–Crippen MR) is 65.3 cm³/mol. The molecule has 0 amide bonds. The minimum atomic E-state index is -2.50. The van der Waals surface area contributed by atoms with E-state index in [1.807, 2.05) is 31.2 Å². The first-order chi connectivity index (χ1) is 7.99. The van der Waals surface area contributed by atoms with Crippen LogP contribution in [0.1, 0.15) is 36.8 Å². The molecule has 1 aliphatic carbocycles. The van der Waals surface area contributed by atoms with Crippen molar-refractivity contribution < 1.29 is 8.78 Å². The Balaban J connectivity index is 2.31. The highest BCUT2D eigenvalue weighted by molar-refractivity contribution is 5.34. The molecule has 0 heterocycles. The fourth-order valence-corrected chi connectivity index (χ4v) is 2.85. The Morgan fingerprint density at radius 2 is 1.71 bits per heavy atom. The van der Waals surface area contributed by atoms with Crippen LogP contribution in [0.4, 0.5) is 8.78 Å². The average Bonchev–Trinajstić information content (AvgIpc) is 2.31. The highest BCUT2D eigenvalue weighted by atomic mass is 19.3. The summed E-state index contributed by atoms with van der Waals surface area (Å²) in [5, 5.41) is 0. The van der Waals surface area contributed by atoms with Crippen molar-refractivity contribution in [3.63, 3.8) is 0 Å². The third-order valence-corrected chi connectivity index (χ3v) is 4.05. The largest absolute Gasteiger partial charge is 0.330 e. The van der Waals surface area contributed by atoms with Gasteiger partial charge >= 0.3 is 0 Å². The SMILES string of the molecule is Cc1ccccc1C1(CN)CCC(F)(F)CC1. The normalized spacial score (nSPS) is 22.4. The van der Waals surface area contributed by atoms with Crippen molar-refractivity contribution in [3.05, 3.63) is 35.4 Å². The molecule has 3 heteroatoms. The van der Waals surface area contributed by atoms with Gasteiger partial charge in [0.15, 0.2) is 0 Å². The topological polar surface area (TPSA) is 26.0 Å². The number of benzene rings is 1. The molecule has 0 atom stereocenters. The lowest BCUT2D eigenvalue weighted by molar-refractivity contribution is -0.0509. The second-order valence-corrected chi connectivity index (χ2v) is 5.16. The van der Waals surface area contributed by atoms with E-state index in [0.717, 1.165) is 11.1 Å². The van der Waals surface area contributed by atoms with Crippen LogP contribution < -0.4 is 5.73 Å². The van der Waals surface area contributed by atoms with E-state index >= 15 is 0 Å². The van der Waals surface area contributed by atoms with E-state index in [1.54, 1.807) is 0 Å². The van der Waals surface area contributed by atoms with Crippen LogP contribution in [0.5, 0.6) is 0 Å². The van der Waals surface area contributed by atoms with Gasteiger partial charge < -0.3 is 5.73 Å². The maximum absolute atomic E-state index is 13.3. The summed E-state index contributed by atoms with van der Waals surface area (Å²) in [7, 11) is 0. The predicted octanol–water partition coefficient (Wildman–Crippen LogP) is 3.40. The lowest BCUT2D eigenvalue weighted by Gasteiger charge is -2.40. The van der Waals surface area contributed by atoms with Gasteiger partial charge in [-0.15, -0.1) is 0 Å². The first-order valence-electron chi connectivity index (χ1n) is 6.13. The zero-order chi connectivity index (χ0) is 12.5. The molecule has 17 heavy (non-hydrogen) atoms. The van der Waals surface area contributed by atoms with Crippen molar-refractivity contribution in [1.82, 2.24) is 0 Å². The molecule has 0 bridgehead atoms. The summed E-state index contributed by atoms with van der Waals surface area (Å²) >= 11 is 0. The van der Waals surface area contributed by atoms with Crippen molar-refractivity contribution in [3.8, 4) is 0 Å². The van der Waals surface area contributed by atoms with E-state index in [0.29, 0.717) is 19.4 Å². The van der Waals surface area contributed by atoms with Crippen LogP contribution >= 0.6 is 0 Å². The van der Waals surface area contributed by atoms with Gasteiger partial charge in [-0.2, -0.15) is 0 Å². The van der Waals surface area contributed by atoms with Gasteiger partial charge in [-0.25, -0.2) is 8.78 Å². The highest BCUT2D eigenvalue weighted by Gasteiger charge is 2.43. The van der Waals surface area contributed by atoms with Gasteiger partial charge in [-0.1, -0.05) is 24.3 Å². The monoisotopic (exact) mass is 239 g/mol. The fraction of sp³-hybridized carbons (Fsp3) is 0.571. The van der Waals surface area contributed by atoms with Gasteiger partial charge in [-0.3, -0.25) is 0 Å². The third kappa shape index (κ3) is 2.34. The van der Waals surface area contributed by atoms with Crippen LogP contribution in [0.25, 0.3) is 0 Å². The molecule has 94 valence electrons. The second-order valence-electron chi connectivity index (χ2n) is 5.16. The smallest absolute Gasteiger partial charge is 0.248 e. The van der Waals surface area contributed by atoms with E-state index < -0.39 is 5.92 Å². The summed E-state index contributed by atoms with van der Waals surface area (Å²) in [5.74, 6) is -2.50. The maximum atomic E-state index is 13.3. The summed E-state index contributed by atoms with van der Waals surface area (Å²) in [5.41, 5.74) is 7.95. The maximum Gasteiger partial charge on any atom is 0.248 e. The number of halogens is 2. The summed E-state index contributed by atoms with van der Waals surface area (Å²) in [4.78, 5) is 0. The minimum absolute atomic E-state index is 0.0431. The second kappa shape index (κ2) is 4.37. The Morgan fingerprint density at radius 3 is 2.24 bits per heavy atom. The van der Waals surface area contributed by atoms with Crippen LogP contribution in [0.3, 0.4) is 0 Å². The first-order valence-corrected chi connectivity index (χ1v) is 6.13. The van der Waals surface area contributed by atoms with Crippen molar-refractivity contribution >= 4 is 0 Å². The molecule has 1 fully saturated rings. The summed E-state index contributed by atoms with van der Waals surface area (Å²) < 4.78 is 26.5. The van der Waals surface area contributed by atoms with E-state index in [9.17, 15) is 8.78 Å². The summed E-state index contributed by atoms with van der Waals surface area (Å²) in [6, 6.07) is 8.00. The van der Waals surface area contributed by atoms with E-state index in [-0.39, 0.29) is 18.3 Å². The summed E-state index contributed by atoms with van der Waals surface area (Å²) in [6.45, 7) is 2.48. The Kier molecular flexibility index (Phi) is 3.21. The van der Waals surface area contributed by atoms with E-state index in [1.165, 1.54) is 0 Å². The molecule has 1 nitrogen and oxygen atoms in total. The molecule has 1 aromatic carbocycles. The van der Waals surface area contributed by atoms with Gasteiger partial charge in [-0.05, 0) is 30.9 Å². The molecule has 0 spiro atoms. The molecule has 0 unspecified atom stereocenters. The Morgan fingerprint density at radius 1 is 1.12 bits per heavy atom. The van der Waals surface area contributed by atoms with Crippen LogP contribution in [0.2, 0.25) is 0 Å². The van der Waals surface area contributed by atoms with Crippen LogP contribution in [-0.4, -0.2) is 12.5 Å². The van der Waals surface area contributed by atoms with Crippen molar-refractivity contribution in [1.29, 1.82) is 0 Å². The van der Waals surface area contributed by atoms with Crippen LogP contribution in [-0.2, 0) is 5.41 Å². The molecular weight excluding hydrogens is 220 g/mol. The van der Waals surface area contributed by atoms with Gasteiger partial charge in [0, 0.05) is 24.8 Å². The molecule has 2 N–H and O–H groups in total. The number of nitrogens with two attached hydrogens (primary N) is 1. The zero-order valence-electron chi connectivity index (χ0n) is 10.2. The molecule has 0 saturated heterocycles. The molecule has 1 aromatic rings. The third-order valence-electron chi connectivity index (χ3n) is 4.05. The molecular formula is C14H19F2N.